The van der Waals surface area contributed by atoms with Crippen LogP contribution in [0.25, 0.3) is 5.57 Å². The van der Waals surface area contributed by atoms with Crippen LogP contribution in [0.5, 0.6) is 0 Å². The average molecular weight is 372 g/mol. The lowest BCUT2D eigenvalue weighted by molar-refractivity contribution is -0.164. The second kappa shape index (κ2) is 8.70. The van der Waals surface area contributed by atoms with Crippen LogP contribution in [0.2, 0.25) is 0 Å². The van der Waals surface area contributed by atoms with Gasteiger partial charge in [-0.15, -0.1) is 0 Å². The van der Waals surface area contributed by atoms with Crippen molar-refractivity contribution in [3.8, 4) is 0 Å². The van der Waals surface area contributed by atoms with Gasteiger partial charge in [0.25, 0.3) is 0 Å². The molecule has 1 saturated heterocycles. The second-order valence-electron chi connectivity index (χ2n) is 7.14. The van der Waals surface area contributed by atoms with Gasteiger partial charge < -0.3 is 14.2 Å². The second-order valence-corrected chi connectivity index (χ2v) is 7.14. The van der Waals surface area contributed by atoms with Crippen molar-refractivity contribution in [1.29, 1.82) is 0 Å². The Labute approximate surface area is 160 Å². The number of carbonyl (C=O) groups excluding carboxylic acids is 2. The number of ether oxygens (including phenoxy) is 3. The normalized spacial score (nSPS) is 24.9. The Balaban J connectivity index is 2.06. The summed E-state index contributed by atoms with van der Waals surface area (Å²) in [5.41, 5.74) is 4.68. The molecule has 1 fully saturated rings. The molecule has 27 heavy (non-hydrogen) atoms. The molecule has 0 bridgehead atoms. The summed E-state index contributed by atoms with van der Waals surface area (Å²) >= 11 is 0. The smallest absolute Gasteiger partial charge is 0.310 e. The van der Waals surface area contributed by atoms with Crippen LogP contribution in [0.3, 0.4) is 0 Å². The third-order valence-corrected chi connectivity index (χ3v) is 5.49. The van der Waals surface area contributed by atoms with Gasteiger partial charge in [0.05, 0.1) is 38.3 Å². The van der Waals surface area contributed by atoms with E-state index in [1.54, 1.807) is 13.8 Å². The summed E-state index contributed by atoms with van der Waals surface area (Å²) in [7, 11) is 0. The summed E-state index contributed by atoms with van der Waals surface area (Å²) in [6.45, 7) is 7.28. The van der Waals surface area contributed by atoms with Gasteiger partial charge in [-0.25, -0.2) is 0 Å². The summed E-state index contributed by atoms with van der Waals surface area (Å²) in [5, 5.41) is 0. The molecule has 146 valence electrons. The van der Waals surface area contributed by atoms with E-state index in [0.717, 1.165) is 17.6 Å². The fourth-order valence-corrected chi connectivity index (χ4v) is 4.24. The van der Waals surface area contributed by atoms with E-state index in [9.17, 15) is 9.59 Å². The van der Waals surface area contributed by atoms with Gasteiger partial charge in [-0.1, -0.05) is 35.4 Å². The van der Waals surface area contributed by atoms with Crippen LogP contribution in [0, 0.1) is 24.7 Å². The lowest BCUT2D eigenvalue weighted by atomic mass is 9.66. The molecule has 0 spiro atoms. The van der Waals surface area contributed by atoms with Crippen LogP contribution < -0.4 is 0 Å². The molecule has 3 atom stereocenters. The lowest BCUT2D eigenvalue weighted by Crippen LogP contribution is -2.44. The van der Waals surface area contributed by atoms with Crippen molar-refractivity contribution in [1.82, 2.24) is 0 Å². The number of esters is 2. The van der Waals surface area contributed by atoms with E-state index in [1.807, 2.05) is 0 Å². The molecule has 1 heterocycles. The molecule has 1 aliphatic heterocycles. The molecule has 0 amide bonds. The molecule has 0 unspecified atom stereocenters. The van der Waals surface area contributed by atoms with Crippen LogP contribution in [0.15, 0.2) is 29.8 Å². The first-order chi connectivity index (χ1) is 13.1. The highest BCUT2D eigenvalue weighted by molar-refractivity contribution is 5.87. The van der Waals surface area contributed by atoms with E-state index in [0.29, 0.717) is 32.8 Å². The van der Waals surface area contributed by atoms with E-state index in [2.05, 4.69) is 31.2 Å². The summed E-state index contributed by atoms with van der Waals surface area (Å²) in [4.78, 5) is 25.5. The van der Waals surface area contributed by atoms with Gasteiger partial charge in [-0.2, -0.15) is 0 Å². The number of allylic oxidation sites excluding steroid dienone is 1. The Morgan fingerprint density at radius 1 is 1.07 bits per heavy atom. The van der Waals surface area contributed by atoms with Crippen LogP contribution in [0.1, 0.15) is 37.8 Å². The van der Waals surface area contributed by atoms with E-state index >= 15 is 0 Å². The summed E-state index contributed by atoms with van der Waals surface area (Å²) in [6, 6.07) is 8.34. The monoisotopic (exact) mass is 372 g/mol. The SMILES string of the molecule is CCOC(=O)[C@@H]1[C@@H]2COCCC2=C(c2ccc(C)cc2)C[C@H]1C(=O)OCC. The van der Waals surface area contributed by atoms with Gasteiger partial charge in [0.15, 0.2) is 0 Å². The zero-order valence-corrected chi connectivity index (χ0v) is 16.3. The minimum atomic E-state index is -0.548. The molecule has 5 nitrogen and oxygen atoms in total. The van der Waals surface area contributed by atoms with Crippen molar-refractivity contribution in [2.75, 3.05) is 26.4 Å². The van der Waals surface area contributed by atoms with Gasteiger partial charge in [-0.05, 0) is 44.7 Å². The molecule has 1 aromatic rings. The molecule has 0 aromatic heterocycles. The molecule has 0 saturated carbocycles. The minimum absolute atomic E-state index is 0.141. The van der Waals surface area contributed by atoms with Crippen molar-refractivity contribution >= 4 is 17.5 Å². The Kier molecular flexibility index (Phi) is 6.32. The minimum Gasteiger partial charge on any atom is -0.466 e. The number of carbonyl (C=O) groups is 2. The third kappa shape index (κ3) is 4.08. The molecule has 1 aromatic carbocycles. The van der Waals surface area contributed by atoms with E-state index in [4.69, 9.17) is 14.2 Å². The number of benzene rings is 1. The molecular formula is C22H28O5. The molecule has 0 radical (unpaired) electrons. The third-order valence-electron chi connectivity index (χ3n) is 5.49. The summed E-state index contributed by atoms with van der Waals surface area (Å²) in [5.74, 6) is -1.89. The lowest BCUT2D eigenvalue weighted by Gasteiger charge is -2.41. The molecule has 5 heteroatoms. The molecule has 3 rings (SSSR count). The maximum atomic E-state index is 12.8. The van der Waals surface area contributed by atoms with Crippen LogP contribution >= 0.6 is 0 Å². The van der Waals surface area contributed by atoms with Crippen molar-refractivity contribution in [2.24, 2.45) is 17.8 Å². The van der Waals surface area contributed by atoms with E-state index in [-0.39, 0.29) is 17.9 Å². The molecule has 1 aliphatic carbocycles. The largest absolute Gasteiger partial charge is 0.466 e. The van der Waals surface area contributed by atoms with Gasteiger partial charge in [0.1, 0.15) is 0 Å². The fraction of sp³-hybridized carbons (Fsp3) is 0.545. The van der Waals surface area contributed by atoms with Crippen LogP contribution in [-0.4, -0.2) is 38.4 Å². The van der Waals surface area contributed by atoms with Crippen LogP contribution in [0.4, 0.5) is 0 Å². The average Bonchev–Trinajstić information content (AvgIpc) is 2.67. The maximum absolute atomic E-state index is 12.8. The zero-order valence-electron chi connectivity index (χ0n) is 16.3. The highest BCUT2D eigenvalue weighted by atomic mass is 16.5. The molecule has 0 N–H and O–H groups in total. The Morgan fingerprint density at radius 2 is 1.74 bits per heavy atom. The maximum Gasteiger partial charge on any atom is 0.310 e. The molecule has 2 aliphatic rings. The van der Waals surface area contributed by atoms with Crippen molar-refractivity contribution in [3.05, 3.63) is 41.0 Å². The fourth-order valence-electron chi connectivity index (χ4n) is 4.24. The number of hydrogen-bond donors (Lipinski definition) is 0. The van der Waals surface area contributed by atoms with Gasteiger partial charge in [0, 0.05) is 5.92 Å². The number of hydrogen-bond acceptors (Lipinski definition) is 5. The summed E-state index contributed by atoms with van der Waals surface area (Å²) in [6.07, 6.45) is 1.27. The van der Waals surface area contributed by atoms with Crippen molar-refractivity contribution in [2.45, 2.75) is 33.6 Å². The van der Waals surface area contributed by atoms with Crippen molar-refractivity contribution in [3.63, 3.8) is 0 Å². The zero-order chi connectivity index (χ0) is 19.4. The number of fused-ring (bicyclic) bond motifs is 1. The first kappa shape index (κ1) is 19.6. The Bertz CT molecular complexity index is 719. The Morgan fingerprint density at radius 3 is 2.41 bits per heavy atom. The topological polar surface area (TPSA) is 61.8 Å². The number of aryl methyl sites for hydroxylation is 1. The van der Waals surface area contributed by atoms with Gasteiger partial charge in [-0.3, -0.25) is 9.59 Å². The van der Waals surface area contributed by atoms with Crippen molar-refractivity contribution < 1.29 is 23.8 Å². The highest BCUT2D eigenvalue weighted by Gasteiger charge is 2.48. The quantitative estimate of drug-likeness (QED) is 0.740. The number of rotatable bonds is 5. The predicted octanol–water partition coefficient (Wildman–Crippen LogP) is 3.55. The first-order valence-electron chi connectivity index (χ1n) is 9.76. The standard InChI is InChI=1S/C22H28O5/c1-4-26-21(23)18-12-17(15-8-6-14(3)7-9-15)16-10-11-25-13-19(16)20(18)22(24)27-5-2/h6-9,18-20H,4-5,10-13H2,1-3H3/t18-,19-,20+/m1/s1. The van der Waals surface area contributed by atoms with Gasteiger partial charge in [0.2, 0.25) is 0 Å². The van der Waals surface area contributed by atoms with E-state index < -0.39 is 11.8 Å². The predicted molar refractivity (Wildman–Crippen MR) is 102 cm³/mol. The van der Waals surface area contributed by atoms with E-state index in [1.165, 1.54) is 11.1 Å². The highest BCUT2D eigenvalue weighted by Crippen LogP contribution is 2.46. The van der Waals surface area contributed by atoms with Gasteiger partial charge >= 0.3 is 11.9 Å². The first-order valence-corrected chi connectivity index (χ1v) is 9.76. The van der Waals surface area contributed by atoms with Crippen LogP contribution in [-0.2, 0) is 23.8 Å². The Hall–Kier alpha value is -2.14. The molecular weight excluding hydrogens is 344 g/mol. The summed E-state index contributed by atoms with van der Waals surface area (Å²) < 4.78 is 16.3.